The van der Waals surface area contributed by atoms with Gasteiger partial charge < -0.3 is 5.32 Å². The van der Waals surface area contributed by atoms with Gasteiger partial charge in [0.15, 0.2) is 0 Å². The van der Waals surface area contributed by atoms with Gasteiger partial charge in [0.2, 0.25) is 0 Å². The van der Waals surface area contributed by atoms with Crippen LogP contribution in [0, 0.1) is 5.92 Å². The van der Waals surface area contributed by atoms with Crippen LogP contribution in [-0.4, -0.2) is 22.9 Å². The average Bonchev–Trinajstić information content (AvgIpc) is 2.68. The maximum Gasteiger partial charge on any atom is 0.0766 e. The van der Waals surface area contributed by atoms with E-state index in [1.54, 1.807) is 0 Å². The number of aromatic nitrogens is 2. The zero-order valence-corrected chi connectivity index (χ0v) is 15.4. The van der Waals surface area contributed by atoms with Crippen LogP contribution in [0.15, 0.2) is 4.47 Å². The Kier molecular flexibility index (Phi) is 6.74. The SMILES string of the molecule is CCc1nn(C)c(CC(CC2CCCCCC2)NC)c1Br. The molecule has 0 bridgehead atoms. The summed E-state index contributed by atoms with van der Waals surface area (Å²) in [7, 11) is 4.17. The first-order valence-electron chi connectivity index (χ1n) is 8.53. The molecule has 1 saturated carbocycles. The van der Waals surface area contributed by atoms with Crippen LogP contribution in [0.25, 0.3) is 0 Å². The van der Waals surface area contributed by atoms with Crippen molar-refractivity contribution in [3.63, 3.8) is 0 Å². The van der Waals surface area contributed by atoms with Gasteiger partial charge in [-0.3, -0.25) is 4.68 Å². The molecule has 0 aromatic carbocycles. The van der Waals surface area contributed by atoms with Gasteiger partial charge in [0, 0.05) is 19.5 Å². The zero-order chi connectivity index (χ0) is 15.2. The van der Waals surface area contributed by atoms with Crippen molar-refractivity contribution >= 4 is 15.9 Å². The lowest BCUT2D eigenvalue weighted by molar-refractivity contribution is 0.357. The quantitative estimate of drug-likeness (QED) is 0.773. The highest BCUT2D eigenvalue weighted by atomic mass is 79.9. The van der Waals surface area contributed by atoms with E-state index in [4.69, 9.17) is 0 Å². The van der Waals surface area contributed by atoms with E-state index in [-0.39, 0.29) is 0 Å². The van der Waals surface area contributed by atoms with Gasteiger partial charge in [0.1, 0.15) is 0 Å². The topological polar surface area (TPSA) is 29.9 Å². The van der Waals surface area contributed by atoms with Crippen LogP contribution in [-0.2, 0) is 19.9 Å². The van der Waals surface area contributed by atoms with E-state index in [1.807, 2.05) is 0 Å². The molecular weight excluding hydrogens is 326 g/mol. The van der Waals surface area contributed by atoms with Crippen LogP contribution >= 0.6 is 15.9 Å². The number of aryl methyl sites for hydroxylation is 2. The van der Waals surface area contributed by atoms with E-state index in [2.05, 4.69) is 52.0 Å². The van der Waals surface area contributed by atoms with Crippen LogP contribution in [0.3, 0.4) is 0 Å². The van der Waals surface area contributed by atoms with Gasteiger partial charge in [-0.2, -0.15) is 5.10 Å². The fourth-order valence-corrected chi connectivity index (χ4v) is 4.36. The van der Waals surface area contributed by atoms with E-state index in [9.17, 15) is 0 Å². The van der Waals surface area contributed by atoms with Crippen LogP contribution in [0.4, 0.5) is 0 Å². The summed E-state index contributed by atoms with van der Waals surface area (Å²) in [4.78, 5) is 0. The molecule has 1 heterocycles. The average molecular weight is 356 g/mol. The minimum absolute atomic E-state index is 0.560. The number of hydrogen-bond acceptors (Lipinski definition) is 2. The van der Waals surface area contributed by atoms with E-state index in [0.29, 0.717) is 6.04 Å². The Morgan fingerprint density at radius 2 is 1.95 bits per heavy atom. The van der Waals surface area contributed by atoms with E-state index in [1.165, 1.54) is 60.8 Å². The summed E-state index contributed by atoms with van der Waals surface area (Å²) >= 11 is 3.75. The van der Waals surface area contributed by atoms with Gasteiger partial charge in [0.25, 0.3) is 0 Å². The third-order valence-corrected chi connectivity index (χ3v) is 5.86. The number of hydrogen-bond donors (Lipinski definition) is 1. The maximum absolute atomic E-state index is 4.62. The predicted octanol–water partition coefficient (Wildman–Crippen LogP) is 4.24. The molecule has 0 spiro atoms. The molecule has 0 saturated heterocycles. The fourth-order valence-electron chi connectivity index (χ4n) is 3.58. The van der Waals surface area contributed by atoms with Crippen LogP contribution in [0.2, 0.25) is 0 Å². The van der Waals surface area contributed by atoms with Gasteiger partial charge in [-0.05, 0) is 41.7 Å². The largest absolute Gasteiger partial charge is 0.317 e. The van der Waals surface area contributed by atoms with E-state index in [0.717, 1.165) is 18.8 Å². The summed E-state index contributed by atoms with van der Waals surface area (Å²) in [5, 5.41) is 8.16. The molecule has 4 heteroatoms. The Balaban J connectivity index is 1.99. The maximum atomic E-state index is 4.62. The third kappa shape index (κ3) is 4.56. The highest BCUT2D eigenvalue weighted by Crippen LogP contribution is 2.29. The normalized spacial score (nSPS) is 18.7. The molecule has 1 fully saturated rings. The van der Waals surface area contributed by atoms with Crippen molar-refractivity contribution in [3.8, 4) is 0 Å². The number of rotatable bonds is 6. The number of nitrogens with one attached hydrogen (secondary N) is 1. The standard InChI is InChI=1S/C17H30BrN3/c1-4-15-17(18)16(21(3)20-15)12-14(19-2)11-13-9-7-5-6-8-10-13/h13-14,19H,4-12H2,1-3H3. The molecule has 1 unspecified atom stereocenters. The van der Waals surface area contributed by atoms with E-state index >= 15 is 0 Å². The van der Waals surface area contributed by atoms with Crippen molar-refractivity contribution < 1.29 is 0 Å². The summed E-state index contributed by atoms with van der Waals surface area (Å²) in [6.07, 6.45) is 11.9. The van der Waals surface area contributed by atoms with E-state index < -0.39 is 0 Å². The summed E-state index contributed by atoms with van der Waals surface area (Å²) < 4.78 is 3.27. The monoisotopic (exact) mass is 355 g/mol. The summed E-state index contributed by atoms with van der Waals surface area (Å²) in [5.41, 5.74) is 2.51. The van der Waals surface area contributed by atoms with Crippen LogP contribution in [0.5, 0.6) is 0 Å². The molecule has 3 nitrogen and oxygen atoms in total. The minimum Gasteiger partial charge on any atom is -0.317 e. The highest BCUT2D eigenvalue weighted by molar-refractivity contribution is 9.10. The van der Waals surface area contributed by atoms with Gasteiger partial charge in [-0.15, -0.1) is 0 Å². The number of likely N-dealkylation sites (N-methyl/N-ethyl adjacent to an activating group) is 1. The lowest BCUT2D eigenvalue weighted by atomic mass is 9.91. The van der Waals surface area contributed by atoms with Crippen molar-refractivity contribution in [2.45, 2.75) is 70.8 Å². The Labute approximate surface area is 138 Å². The predicted molar refractivity (Wildman–Crippen MR) is 92.6 cm³/mol. The molecule has 1 aliphatic carbocycles. The summed E-state index contributed by atoms with van der Waals surface area (Å²) in [6.45, 7) is 2.16. The number of nitrogens with zero attached hydrogens (tertiary/aromatic N) is 2. The summed E-state index contributed by atoms with van der Waals surface area (Å²) in [5.74, 6) is 0.905. The zero-order valence-electron chi connectivity index (χ0n) is 13.8. The second-order valence-corrected chi connectivity index (χ2v) is 7.26. The van der Waals surface area contributed by atoms with Crippen molar-refractivity contribution in [3.05, 3.63) is 15.9 Å². The molecule has 120 valence electrons. The van der Waals surface area contributed by atoms with Crippen LogP contribution in [0.1, 0.15) is 63.3 Å². The first kappa shape index (κ1) is 17.0. The van der Waals surface area contributed by atoms with Crippen molar-refractivity contribution in [2.24, 2.45) is 13.0 Å². The minimum atomic E-state index is 0.560. The Hall–Kier alpha value is -0.350. The van der Waals surface area contributed by atoms with Crippen LogP contribution < -0.4 is 5.32 Å². The number of halogens is 1. The molecule has 1 aromatic heterocycles. The lowest BCUT2D eigenvalue weighted by Gasteiger charge is -2.22. The molecule has 1 N–H and O–H groups in total. The van der Waals surface area contributed by atoms with Gasteiger partial charge >= 0.3 is 0 Å². The Morgan fingerprint density at radius 1 is 1.29 bits per heavy atom. The van der Waals surface area contributed by atoms with Crippen molar-refractivity contribution in [1.82, 2.24) is 15.1 Å². The third-order valence-electron chi connectivity index (χ3n) is 4.94. The molecule has 2 rings (SSSR count). The first-order valence-corrected chi connectivity index (χ1v) is 9.32. The second kappa shape index (κ2) is 8.33. The molecule has 0 aliphatic heterocycles. The fraction of sp³-hybridized carbons (Fsp3) is 0.824. The molecule has 1 aromatic rings. The molecule has 1 aliphatic rings. The first-order chi connectivity index (χ1) is 10.2. The van der Waals surface area contributed by atoms with Gasteiger partial charge in [-0.25, -0.2) is 0 Å². The molecule has 0 radical (unpaired) electrons. The van der Waals surface area contributed by atoms with Gasteiger partial charge in [-0.1, -0.05) is 45.4 Å². The lowest BCUT2D eigenvalue weighted by Crippen LogP contribution is -2.31. The molecular formula is C17H30BrN3. The Bertz CT molecular complexity index is 433. The second-order valence-electron chi connectivity index (χ2n) is 6.47. The van der Waals surface area contributed by atoms with Crippen molar-refractivity contribution in [2.75, 3.05) is 7.05 Å². The van der Waals surface area contributed by atoms with Gasteiger partial charge in [0.05, 0.1) is 15.9 Å². The molecule has 21 heavy (non-hydrogen) atoms. The Morgan fingerprint density at radius 3 is 2.48 bits per heavy atom. The highest BCUT2D eigenvalue weighted by Gasteiger charge is 2.21. The molecule has 1 atom stereocenters. The summed E-state index contributed by atoms with van der Waals surface area (Å²) in [6, 6.07) is 0.560. The smallest absolute Gasteiger partial charge is 0.0766 e. The molecule has 0 amide bonds. The van der Waals surface area contributed by atoms with Crippen molar-refractivity contribution in [1.29, 1.82) is 0 Å².